The summed E-state index contributed by atoms with van der Waals surface area (Å²) >= 11 is 0.898. The molecule has 0 aromatic heterocycles. The molecule has 0 radical (unpaired) electrons. The van der Waals surface area contributed by atoms with Crippen molar-refractivity contribution >= 4 is 40.6 Å². The second-order valence-corrected chi connectivity index (χ2v) is 9.19. The highest BCUT2D eigenvalue weighted by molar-refractivity contribution is 8.18. The molecule has 3 aromatic carbocycles. The van der Waals surface area contributed by atoms with Crippen LogP contribution in [0.5, 0.6) is 17.2 Å². The molecule has 3 amide bonds. The minimum Gasteiger partial charge on any atom is -0.495 e. The molecule has 190 valence electrons. The van der Waals surface area contributed by atoms with E-state index in [0.717, 1.165) is 22.9 Å². The number of benzene rings is 3. The first kappa shape index (κ1) is 25.8. The number of carbonyl (C=O) groups excluding carboxylic acids is 3. The number of hydrogen-bond acceptors (Lipinski definition) is 7. The number of imide groups is 1. The van der Waals surface area contributed by atoms with Crippen LogP contribution in [0.4, 0.5) is 10.5 Å². The molecule has 0 atom stereocenters. The summed E-state index contributed by atoms with van der Waals surface area (Å²) in [5.74, 6) is 0.585. The van der Waals surface area contributed by atoms with E-state index in [4.69, 9.17) is 14.2 Å². The van der Waals surface area contributed by atoms with Crippen LogP contribution >= 0.6 is 11.8 Å². The number of nitrogens with zero attached hydrogens (tertiary/aromatic N) is 1. The van der Waals surface area contributed by atoms with Crippen molar-refractivity contribution in [2.45, 2.75) is 13.5 Å². The van der Waals surface area contributed by atoms with Gasteiger partial charge < -0.3 is 19.5 Å². The molecule has 1 aliphatic rings. The number of hydrogen-bond donors (Lipinski definition) is 1. The Morgan fingerprint density at radius 2 is 1.68 bits per heavy atom. The monoisotopic (exact) mass is 518 g/mol. The molecular weight excluding hydrogens is 492 g/mol. The fourth-order valence-electron chi connectivity index (χ4n) is 3.63. The first-order chi connectivity index (χ1) is 17.9. The molecule has 1 N–H and O–H groups in total. The highest BCUT2D eigenvalue weighted by Gasteiger charge is 2.35. The van der Waals surface area contributed by atoms with Gasteiger partial charge in [0.05, 0.1) is 31.4 Å². The number of anilines is 1. The number of amides is 3. The molecule has 37 heavy (non-hydrogen) atoms. The topological polar surface area (TPSA) is 94.2 Å². The lowest BCUT2D eigenvalue weighted by Crippen LogP contribution is -2.27. The second-order valence-electron chi connectivity index (χ2n) is 8.20. The summed E-state index contributed by atoms with van der Waals surface area (Å²) in [6.07, 6.45) is 1.64. The molecule has 1 heterocycles. The van der Waals surface area contributed by atoms with E-state index in [1.54, 1.807) is 42.5 Å². The van der Waals surface area contributed by atoms with Gasteiger partial charge in [0.25, 0.3) is 17.1 Å². The normalized spacial score (nSPS) is 14.1. The number of nitrogens with one attached hydrogen (secondary N) is 1. The number of aryl methyl sites for hydroxylation is 1. The van der Waals surface area contributed by atoms with Gasteiger partial charge in [-0.1, -0.05) is 48.0 Å². The van der Waals surface area contributed by atoms with E-state index >= 15 is 0 Å². The van der Waals surface area contributed by atoms with E-state index in [1.165, 1.54) is 19.1 Å². The van der Waals surface area contributed by atoms with Gasteiger partial charge in [0, 0.05) is 0 Å². The van der Waals surface area contributed by atoms with Crippen LogP contribution in [-0.2, 0) is 16.1 Å². The predicted molar refractivity (Wildman–Crippen MR) is 143 cm³/mol. The van der Waals surface area contributed by atoms with Crippen LogP contribution in [0.3, 0.4) is 0 Å². The Kier molecular flexibility index (Phi) is 8.15. The number of rotatable bonds is 9. The van der Waals surface area contributed by atoms with Crippen LogP contribution in [0.15, 0.2) is 71.6 Å². The fraction of sp³-hybridized carbons (Fsp3) is 0.179. The summed E-state index contributed by atoms with van der Waals surface area (Å²) < 4.78 is 16.3. The molecule has 8 nitrogen and oxygen atoms in total. The Bertz CT molecular complexity index is 1350. The van der Waals surface area contributed by atoms with Crippen molar-refractivity contribution in [3.05, 3.63) is 88.3 Å². The van der Waals surface area contributed by atoms with E-state index in [0.29, 0.717) is 33.4 Å². The average molecular weight is 519 g/mol. The summed E-state index contributed by atoms with van der Waals surface area (Å²) in [5.41, 5.74) is 3.18. The lowest BCUT2D eigenvalue weighted by molar-refractivity contribution is -0.123. The number of methoxy groups -OCH3 is 2. The van der Waals surface area contributed by atoms with Crippen LogP contribution in [0.2, 0.25) is 0 Å². The molecular formula is C28H26N2O6S. The van der Waals surface area contributed by atoms with Crippen LogP contribution in [0.25, 0.3) is 6.08 Å². The molecule has 4 rings (SSSR count). The quantitative estimate of drug-likeness (QED) is 0.386. The Hall–Kier alpha value is -4.24. The van der Waals surface area contributed by atoms with Crippen LogP contribution in [0, 0.1) is 6.92 Å². The molecule has 0 saturated carbocycles. The van der Waals surface area contributed by atoms with Gasteiger partial charge >= 0.3 is 0 Å². The van der Waals surface area contributed by atoms with Gasteiger partial charge in [-0.15, -0.1) is 0 Å². The van der Waals surface area contributed by atoms with E-state index in [9.17, 15) is 14.4 Å². The summed E-state index contributed by atoms with van der Waals surface area (Å²) in [5, 5.41) is 2.43. The standard InChI is InChI=1S/C28H26N2O6S/c1-18-8-10-19(11-9-18)16-30-27(32)25(37-28(30)33)15-20-12-13-23(24(14-20)35-3)36-17-26(31)29-21-6-4-5-7-22(21)34-2/h4-15H,16-17H2,1-3H3,(H,29,31)/b25-15-. The van der Waals surface area contributed by atoms with Crippen molar-refractivity contribution in [1.29, 1.82) is 0 Å². The van der Waals surface area contributed by atoms with Gasteiger partial charge in [0.15, 0.2) is 18.1 Å². The van der Waals surface area contributed by atoms with Crippen molar-refractivity contribution in [3.63, 3.8) is 0 Å². The molecule has 0 aliphatic carbocycles. The molecule has 3 aromatic rings. The highest BCUT2D eigenvalue weighted by Crippen LogP contribution is 2.35. The fourth-order valence-corrected chi connectivity index (χ4v) is 4.47. The maximum Gasteiger partial charge on any atom is 0.293 e. The van der Waals surface area contributed by atoms with Gasteiger partial charge in [-0.3, -0.25) is 19.3 Å². The molecule has 1 fully saturated rings. The van der Waals surface area contributed by atoms with Crippen LogP contribution in [0.1, 0.15) is 16.7 Å². The lowest BCUT2D eigenvalue weighted by Gasteiger charge is -2.13. The van der Waals surface area contributed by atoms with Gasteiger partial charge in [0.2, 0.25) is 0 Å². The molecule has 9 heteroatoms. The Labute approximate surface area is 219 Å². The molecule has 0 spiro atoms. The number of para-hydroxylation sites is 2. The van der Waals surface area contributed by atoms with Gasteiger partial charge in [-0.25, -0.2) is 0 Å². The maximum atomic E-state index is 12.9. The van der Waals surface area contributed by atoms with Crippen LogP contribution in [-0.4, -0.2) is 42.8 Å². The Balaban J connectivity index is 1.42. The van der Waals surface area contributed by atoms with Gasteiger partial charge in [-0.05, 0) is 60.2 Å². The van der Waals surface area contributed by atoms with E-state index in [-0.39, 0.29) is 30.2 Å². The first-order valence-electron chi connectivity index (χ1n) is 11.4. The Morgan fingerprint density at radius 3 is 2.41 bits per heavy atom. The second kappa shape index (κ2) is 11.7. The van der Waals surface area contributed by atoms with E-state index in [1.807, 2.05) is 37.3 Å². The van der Waals surface area contributed by atoms with Crippen molar-refractivity contribution in [3.8, 4) is 17.2 Å². The predicted octanol–water partition coefficient (Wildman–Crippen LogP) is 5.27. The third-order valence-electron chi connectivity index (χ3n) is 5.56. The minimum atomic E-state index is -0.363. The summed E-state index contributed by atoms with van der Waals surface area (Å²) in [4.78, 5) is 39.3. The number of thioether (sulfide) groups is 1. The first-order valence-corrected chi connectivity index (χ1v) is 12.2. The number of ether oxygens (including phenoxy) is 3. The Morgan fingerprint density at radius 1 is 0.946 bits per heavy atom. The summed E-state index contributed by atoms with van der Waals surface area (Å²) in [7, 11) is 3.01. The van der Waals surface area contributed by atoms with Crippen LogP contribution < -0.4 is 19.5 Å². The SMILES string of the molecule is COc1ccccc1NC(=O)COc1ccc(/C=C2\SC(=O)N(Cc3ccc(C)cc3)C2=O)cc1OC. The van der Waals surface area contributed by atoms with Gasteiger partial charge in [-0.2, -0.15) is 0 Å². The van der Waals surface area contributed by atoms with Gasteiger partial charge in [0.1, 0.15) is 5.75 Å². The van der Waals surface area contributed by atoms with E-state index < -0.39 is 0 Å². The average Bonchev–Trinajstić information content (AvgIpc) is 3.16. The van der Waals surface area contributed by atoms with Crippen molar-refractivity contribution < 1.29 is 28.6 Å². The highest BCUT2D eigenvalue weighted by atomic mass is 32.2. The summed E-state index contributed by atoms with van der Waals surface area (Å²) in [6.45, 7) is 1.95. The molecule has 1 aliphatic heterocycles. The zero-order chi connectivity index (χ0) is 26.4. The minimum absolute atomic E-state index is 0.218. The third kappa shape index (κ3) is 6.31. The zero-order valence-electron chi connectivity index (χ0n) is 20.6. The van der Waals surface area contributed by atoms with Crippen molar-refractivity contribution in [1.82, 2.24) is 4.90 Å². The number of carbonyl (C=O) groups is 3. The molecule has 0 unspecified atom stereocenters. The van der Waals surface area contributed by atoms with E-state index in [2.05, 4.69) is 5.32 Å². The summed E-state index contributed by atoms with van der Waals surface area (Å²) in [6, 6.07) is 19.8. The molecule has 1 saturated heterocycles. The maximum absolute atomic E-state index is 12.9. The molecule has 0 bridgehead atoms. The largest absolute Gasteiger partial charge is 0.495 e. The van der Waals surface area contributed by atoms with Crippen molar-refractivity contribution in [2.24, 2.45) is 0 Å². The van der Waals surface area contributed by atoms with Crippen molar-refractivity contribution in [2.75, 3.05) is 26.1 Å². The smallest absolute Gasteiger partial charge is 0.293 e. The third-order valence-corrected chi connectivity index (χ3v) is 6.47. The lowest BCUT2D eigenvalue weighted by atomic mass is 10.1. The zero-order valence-corrected chi connectivity index (χ0v) is 21.5.